The van der Waals surface area contributed by atoms with Crippen LogP contribution in [0.3, 0.4) is 0 Å². The fraction of sp³-hybridized carbons (Fsp3) is 0.214. The van der Waals surface area contributed by atoms with Gasteiger partial charge >= 0.3 is 0 Å². The Bertz CT molecular complexity index is 1660. The first kappa shape index (κ1) is 21.6. The lowest BCUT2D eigenvalue weighted by Gasteiger charge is -2.29. The first-order valence-corrected chi connectivity index (χ1v) is 12.4. The minimum atomic E-state index is -0.483. The van der Waals surface area contributed by atoms with Crippen LogP contribution in [0, 0.1) is 0 Å². The lowest BCUT2D eigenvalue weighted by atomic mass is 10.0. The average molecular weight is 493 g/mol. The van der Waals surface area contributed by atoms with Gasteiger partial charge < -0.3 is 19.4 Å². The molecule has 0 amide bonds. The van der Waals surface area contributed by atoms with Crippen molar-refractivity contribution in [1.29, 1.82) is 0 Å². The number of nitrogens with zero attached hydrogens (tertiary/aromatic N) is 5. The van der Waals surface area contributed by atoms with Gasteiger partial charge in [-0.2, -0.15) is 0 Å². The van der Waals surface area contributed by atoms with Crippen LogP contribution in [0.4, 0.5) is 5.69 Å². The molecule has 3 aromatic carbocycles. The molecule has 9 nitrogen and oxygen atoms in total. The van der Waals surface area contributed by atoms with Gasteiger partial charge in [-0.15, -0.1) is 5.10 Å². The zero-order valence-corrected chi connectivity index (χ0v) is 20.0. The Hall–Kier alpha value is -4.66. The number of fused-ring (bicyclic) bond motifs is 3. The van der Waals surface area contributed by atoms with Crippen molar-refractivity contribution in [2.45, 2.75) is 19.0 Å². The molecular weight excluding hydrogens is 468 g/mol. The summed E-state index contributed by atoms with van der Waals surface area (Å²) in [4.78, 5) is 18.9. The molecule has 0 aliphatic carbocycles. The predicted octanol–water partition coefficient (Wildman–Crippen LogP) is 3.49. The Labute approximate surface area is 212 Å². The van der Waals surface area contributed by atoms with Crippen molar-refractivity contribution < 1.29 is 9.47 Å². The van der Waals surface area contributed by atoms with Crippen molar-refractivity contribution in [2.75, 3.05) is 24.7 Å². The van der Waals surface area contributed by atoms with E-state index in [1.165, 1.54) is 5.56 Å². The van der Waals surface area contributed by atoms with E-state index in [0.717, 1.165) is 29.6 Å². The number of anilines is 1. The van der Waals surface area contributed by atoms with Gasteiger partial charge in [-0.1, -0.05) is 48.5 Å². The maximum atomic E-state index is 13.6. The number of para-hydroxylation sites is 1. The summed E-state index contributed by atoms with van der Waals surface area (Å²) >= 11 is 0. The smallest absolute Gasteiger partial charge is 0.254 e. The largest absolute Gasteiger partial charge is 0.486 e. The number of rotatable bonds is 5. The third-order valence-electron chi connectivity index (χ3n) is 7.04. The van der Waals surface area contributed by atoms with Crippen molar-refractivity contribution in [3.8, 4) is 11.5 Å². The zero-order chi connectivity index (χ0) is 24.8. The van der Waals surface area contributed by atoms with E-state index in [4.69, 9.17) is 9.47 Å². The number of hydrogen-bond acceptors (Lipinski definition) is 7. The lowest BCUT2D eigenvalue weighted by molar-refractivity contribution is 0.172. The molecule has 9 heteroatoms. The summed E-state index contributed by atoms with van der Waals surface area (Å²) < 4.78 is 13.3. The summed E-state index contributed by atoms with van der Waals surface area (Å²) in [6, 6.07) is 23.5. The molecule has 0 bridgehead atoms. The second-order valence-electron chi connectivity index (χ2n) is 9.29. The van der Waals surface area contributed by atoms with Gasteiger partial charge in [-0.25, -0.2) is 4.68 Å². The van der Waals surface area contributed by atoms with Gasteiger partial charge in [-0.05, 0) is 46.2 Å². The topological polar surface area (TPSA) is 98.2 Å². The Balaban J connectivity index is 1.40. The van der Waals surface area contributed by atoms with Crippen LogP contribution in [-0.2, 0) is 13.0 Å². The van der Waals surface area contributed by atoms with Gasteiger partial charge in [0.15, 0.2) is 17.3 Å². The molecule has 4 heterocycles. The lowest BCUT2D eigenvalue weighted by Crippen LogP contribution is -2.34. The van der Waals surface area contributed by atoms with Crippen molar-refractivity contribution in [1.82, 2.24) is 25.2 Å². The maximum absolute atomic E-state index is 13.6. The van der Waals surface area contributed by atoms with Gasteiger partial charge in [-0.3, -0.25) is 4.79 Å². The molecule has 184 valence electrons. The molecule has 5 aromatic rings. The fourth-order valence-corrected chi connectivity index (χ4v) is 5.32. The Morgan fingerprint density at radius 1 is 0.946 bits per heavy atom. The number of ether oxygens (including phenoxy) is 2. The Morgan fingerprint density at radius 3 is 2.59 bits per heavy atom. The van der Waals surface area contributed by atoms with E-state index >= 15 is 0 Å². The minimum Gasteiger partial charge on any atom is -0.486 e. The van der Waals surface area contributed by atoms with E-state index in [9.17, 15) is 4.79 Å². The fourth-order valence-electron chi connectivity index (χ4n) is 5.32. The number of aromatic amines is 1. The SMILES string of the molecule is O=c1[nH]c2cc3c(cc2cc1[C@@H](c1nnnn1Cc1ccccc1)N1CCc2ccccc21)OCCO3. The van der Waals surface area contributed by atoms with Crippen molar-refractivity contribution >= 4 is 16.6 Å². The molecule has 2 aromatic heterocycles. The zero-order valence-electron chi connectivity index (χ0n) is 20.0. The number of H-pyrrole nitrogens is 1. The highest BCUT2D eigenvalue weighted by Gasteiger charge is 2.34. The van der Waals surface area contributed by atoms with Crippen LogP contribution in [0.5, 0.6) is 11.5 Å². The normalized spacial score (nSPS) is 15.1. The molecule has 0 saturated carbocycles. The van der Waals surface area contributed by atoms with Gasteiger partial charge in [0.25, 0.3) is 5.56 Å². The predicted molar refractivity (Wildman–Crippen MR) is 138 cm³/mol. The Kier molecular flexibility index (Phi) is 5.12. The highest BCUT2D eigenvalue weighted by molar-refractivity contribution is 5.83. The summed E-state index contributed by atoms with van der Waals surface area (Å²) in [5.74, 6) is 1.93. The standard InChI is InChI=1S/C28H24N6O3/c35-28-21(14-20-15-24-25(16-22(20)29-28)37-13-12-36-24)26(33-11-10-19-8-4-5-9-23(19)33)27-30-31-32-34(27)17-18-6-2-1-3-7-18/h1-9,14-16,26H,10-13,17H2,(H,29,35)/t26-/m0/s1. The summed E-state index contributed by atoms with van der Waals surface area (Å²) in [5.41, 5.74) is 4.49. The number of hydrogen-bond donors (Lipinski definition) is 1. The third kappa shape index (κ3) is 3.79. The molecule has 0 radical (unpaired) electrons. The highest BCUT2D eigenvalue weighted by atomic mass is 16.6. The van der Waals surface area contributed by atoms with Crippen LogP contribution in [0.25, 0.3) is 10.9 Å². The van der Waals surface area contributed by atoms with E-state index in [-0.39, 0.29) is 5.56 Å². The van der Waals surface area contributed by atoms with Crippen LogP contribution < -0.4 is 19.9 Å². The van der Waals surface area contributed by atoms with E-state index in [2.05, 4.69) is 37.5 Å². The maximum Gasteiger partial charge on any atom is 0.254 e. The van der Waals surface area contributed by atoms with E-state index in [1.807, 2.05) is 60.7 Å². The first-order chi connectivity index (χ1) is 18.2. The molecule has 0 fully saturated rings. The van der Waals surface area contributed by atoms with Gasteiger partial charge in [0.05, 0.1) is 12.1 Å². The number of pyridine rings is 1. The number of tetrazole rings is 1. The molecule has 0 unspecified atom stereocenters. The second-order valence-corrected chi connectivity index (χ2v) is 9.29. The highest BCUT2D eigenvalue weighted by Crippen LogP contribution is 2.39. The molecular formula is C28H24N6O3. The number of aromatic nitrogens is 5. The van der Waals surface area contributed by atoms with E-state index in [1.54, 1.807) is 4.68 Å². The molecule has 0 saturated heterocycles. The number of benzene rings is 3. The van der Waals surface area contributed by atoms with Crippen molar-refractivity contribution in [3.05, 3.63) is 106 Å². The molecule has 1 atom stereocenters. The molecule has 0 spiro atoms. The summed E-state index contributed by atoms with van der Waals surface area (Å²) in [6.07, 6.45) is 0.886. The Morgan fingerprint density at radius 2 is 1.73 bits per heavy atom. The van der Waals surface area contributed by atoms with Crippen LogP contribution in [0.15, 0.2) is 77.6 Å². The third-order valence-corrected chi connectivity index (χ3v) is 7.04. The second kappa shape index (κ2) is 8.77. The summed E-state index contributed by atoms with van der Waals surface area (Å²) in [5, 5.41) is 13.7. The molecule has 37 heavy (non-hydrogen) atoms. The van der Waals surface area contributed by atoms with E-state index < -0.39 is 6.04 Å². The monoisotopic (exact) mass is 492 g/mol. The van der Waals surface area contributed by atoms with Crippen molar-refractivity contribution in [2.24, 2.45) is 0 Å². The van der Waals surface area contributed by atoms with Crippen LogP contribution in [0.1, 0.15) is 28.6 Å². The quantitative estimate of drug-likeness (QED) is 0.401. The average Bonchev–Trinajstić information content (AvgIpc) is 3.56. The summed E-state index contributed by atoms with van der Waals surface area (Å²) in [6.45, 7) is 2.23. The van der Waals surface area contributed by atoms with Gasteiger partial charge in [0, 0.05) is 29.2 Å². The molecule has 2 aliphatic rings. The van der Waals surface area contributed by atoms with Gasteiger partial charge in [0.1, 0.15) is 19.3 Å². The van der Waals surface area contributed by atoms with E-state index in [0.29, 0.717) is 48.2 Å². The van der Waals surface area contributed by atoms with Crippen LogP contribution in [-0.4, -0.2) is 44.9 Å². The molecule has 7 rings (SSSR count). The summed E-state index contributed by atoms with van der Waals surface area (Å²) in [7, 11) is 0. The van der Waals surface area contributed by atoms with Gasteiger partial charge in [0.2, 0.25) is 0 Å². The molecule has 1 N–H and O–H groups in total. The molecule has 2 aliphatic heterocycles. The first-order valence-electron chi connectivity index (χ1n) is 12.4. The van der Waals surface area contributed by atoms with Crippen LogP contribution >= 0.6 is 0 Å². The number of nitrogens with one attached hydrogen (secondary N) is 1. The van der Waals surface area contributed by atoms with Crippen molar-refractivity contribution in [3.63, 3.8) is 0 Å². The van der Waals surface area contributed by atoms with Crippen LogP contribution in [0.2, 0.25) is 0 Å². The minimum absolute atomic E-state index is 0.187.